The number of halogens is 3. The lowest BCUT2D eigenvalue weighted by Gasteiger charge is -2.09. The van der Waals surface area contributed by atoms with Crippen molar-refractivity contribution < 1.29 is 13.9 Å². The number of nitrogens with one attached hydrogen (secondary N) is 1. The van der Waals surface area contributed by atoms with Crippen molar-refractivity contribution in [1.29, 1.82) is 0 Å². The summed E-state index contributed by atoms with van der Waals surface area (Å²) in [5.41, 5.74) is 0.834. The molecule has 0 atom stereocenters. The highest BCUT2D eigenvalue weighted by molar-refractivity contribution is 6.32. The molecule has 3 aromatic rings. The van der Waals surface area contributed by atoms with E-state index in [1.54, 1.807) is 12.1 Å². The van der Waals surface area contributed by atoms with Crippen molar-refractivity contribution in [3.8, 4) is 5.75 Å². The second-order valence-corrected chi connectivity index (χ2v) is 5.34. The van der Waals surface area contributed by atoms with Crippen molar-refractivity contribution in [3.05, 3.63) is 58.9 Å². The Morgan fingerprint density at radius 3 is 2.65 bits per heavy atom. The highest BCUT2D eigenvalue weighted by Crippen LogP contribution is 2.26. The molecule has 0 spiro atoms. The van der Waals surface area contributed by atoms with Crippen LogP contribution in [0.3, 0.4) is 0 Å². The zero-order valence-electron chi connectivity index (χ0n) is 11.9. The largest absolute Gasteiger partial charge is 0.506 e. The van der Waals surface area contributed by atoms with E-state index >= 15 is 0 Å². The normalized spacial score (nSPS) is 10.9. The summed E-state index contributed by atoms with van der Waals surface area (Å²) in [5.74, 6) is -0.936. The molecule has 118 valence electrons. The van der Waals surface area contributed by atoms with Crippen LogP contribution in [-0.4, -0.2) is 21.6 Å². The van der Waals surface area contributed by atoms with Crippen LogP contribution in [0.15, 0.2) is 36.7 Å². The van der Waals surface area contributed by atoms with E-state index < -0.39 is 11.6 Å². The first-order valence-electron chi connectivity index (χ1n) is 6.86. The second kappa shape index (κ2) is 6.34. The van der Waals surface area contributed by atoms with Gasteiger partial charge in [0.15, 0.2) is 0 Å². The molecule has 0 saturated heterocycles. The summed E-state index contributed by atoms with van der Waals surface area (Å²) in [5, 5.41) is 12.6. The van der Waals surface area contributed by atoms with Crippen LogP contribution in [-0.2, 0) is 6.42 Å². The molecule has 0 aliphatic carbocycles. The summed E-state index contributed by atoms with van der Waals surface area (Å²) < 4.78 is 27.6. The lowest BCUT2D eigenvalue weighted by Crippen LogP contribution is -2.08. The SMILES string of the molecule is Oc1ccc(CCNc2ncnc3c(F)ccc(F)c23)cc1Cl. The highest BCUT2D eigenvalue weighted by Gasteiger charge is 2.12. The molecular formula is C16H12ClF2N3O. The number of benzene rings is 2. The highest BCUT2D eigenvalue weighted by atomic mass is 35.5. The molecule has 3 rings (SSSR count). The van der Waals surface area contributed by atoms with Gasteiger partial charge in [-0.15, -0.1) is 0 Å². The van der Waals surface area contributed by atoms with Gasteiger partial charge in [0.05, 0.1) is 10.4 Å². The van der Waals surface area contributed by atoms with Crippen LogP contribution >= 0.6 is 11.6 Å². The van der Waals surface area contributed by atoms with Gasteiger partial charge in [-0.25, -0.2) is 18.7 Å². The van der Waals surface area contributed by atoms with Crippen LogP contribution in [0.2, 0.25) is 5.02 Å². The smallest absolute Gasteiger partial charge is 0.149 e. The number of aromatic hydroxyl groups is 1. The summed E-state index contributed by atoms with van der Waals surface area (Å²) in [6.07, 6.45) is 1.76. The Kier molecular flexibility index (Phi) is 4.25. The molecule has 2 N–H and O–H groups in total. The van der Waals surface area contributed by atoms with E-state index in [9.17, 15) is 13.9 Å². The van der Waals surface area contributed by atoms with Crippen molar-refractivity contribution in [3.63, 3.8) is 0 Å². The third-order valence-corrected chi connectivity index (χ3v) is 3.71. The third-order valence-electron chi connectivity index (χ3n) is 3.41. The van der Waals surface area contributed by atoms with E-state index in [1.165, 1.54) is 12.4 Å². The van der Waals surface area contributed by atoms with E-state index in [2.05, 4.69) is 15.3 Å². The van der Waals surface area contributed by atoms with Crippen LogP contribution in [0, 0.1) is 11.6 Å². The van der Waals surface area contributed by atoms with Crippen molar-refractivity contribution in [1.82, 2.24) is 9.97 Å². The molecule has 2 aromatic carbocycles. The van der Waals surface area contributed by atoms with Gasteiger partial charge >= 0.3 is 0 Å². The van der Waals surface area contributed by atoms with Gasteiger partial charge in [-0.05, 0) is 36.2 Å². The average Bonchev–Trinajstić information content (AvgIpc) is 2.54. The fourth-order valence-corrected chi connectivity index (χ4v) is 2.47. The first kappa shape index (κ1) is 15.4. The molecule has 1 aromatic heterocycles. The van der Waals surface area contributed by atoms with Crippen molar-refractivity contribution in [2.75, 3.05) is 11.9 Å². The molecule has 0 unspecified atom stereocenters. The zero-order chi connectivity index (χ0) is 16.4. The quantitative estimate of drug-likeness (QED) is 0.758. The molecule has 0 aliphatic rings. The predicted molar refractivity (Wildman–Crippen MR) is 84.8 cm³/mol. The Morgan fingerprint density at radius 1 is 1.09 bits per heavy atom. The molecule has 7 heteroatoms. The minimum Gasteiger partial charge on any atom is -0.506 e. The molecule has 0 amide bonds. The van der Waals surface area contributed by atoms with Crippen LogP contribution in [0.1, 0.15) is 5.56 Å². The predicted octanol–water partition coefficient (Wildman–Crippen LogP) is 3.92. The Morgan fingerprint density at radius 2 is 1.87 bits per heavy atom. The van der Waals surface area contributed by atoms with Crippen LogP contribution in [0.25, 0.3) is 10.9 Å². The number of phenolic OH excluding ortho intramolecular Hbond substituents is 1. The van der Waals surface area contributed by atoms with E-state index in [-0.39, 0.29) is 27.5 Å². The van der Waals surface area contributed by atoms with E-state index in [4.69, 9.17) is 11.6 Å². The maximum absolute atomic E-state index is 13.9. The number of hydrogen-bond donors (Lipinski definition) is 2. The van der Waals surface area contributed by atoms with Crippen molar-refractivity contribution in [2.24, 2.45) is 0 Å². The Labute approximate surface area is 135 Å². The number of fused-ring (bicyclic) bond motifs is 1. The van der Waals surface area contributed by atoms with Gasteiger partial charge in [-0.2, -0.15) is 0 Å². The standard InChI is InChI=1S/C16H12ClF2N3O/c17-10-7-9(1-4-13(10)23)5-6-20-16-14-11(18)2-3-12(19)15(14)21-8-22-16/h1-4,7-8,23H,5-6H2,(H,20,21,22). The fraction of sp³-hybridized carbons (Fsp3) is 0.125. The minimum atomic E-state index is -0.600. The average molecular weight is 336 g/mol. The summed E-state index contributed by atoms with van der Waals surface area (Å²) >= 11 is 5.84. The minimum absolute atomic E-state index is 0.0164. The van der Waals surface area contributed by atoms with Gasteiger partial charge < -0.3 is 10.4 Å². The summed E-state index contributed by atoms with van der Waals surface area (Å²) in [6.45, 7) is 0.434. The van der Waals surface area contributed by atoms with Gasteiger partial charge in [0, 0.05) is 6.54 Å². The molecule has 0 fully saturated rings. The zero-order valence-corrected chi connectivity index (χ0v) is 12.6. The Hall–Kier alpha value is -2.47. The monoisotopic (exact) mass is 335 g/mol. The number of rotatable bonds is 4. The summed E-state index contributed by atoms with van der Waals surface area (Å²) in [7, 11) is 0. The fourth-order valence-electron chi connectivity index (χ4n) is 2.27. The van der Waals surface area contributed by atoms with Gasteiger partial charge in [0.2, 0.25) is 0 Å². The van der Waals surface area contributed by atoms with E-state index in [0.29, 0.717) is 13.0 Å². The molecule has 0 radical (unpaired) electrons. The third kappa shape index (κ3) is 3.17. The maximum atomic E-state index is 13.9. The first-order valence-corrected chi connectivity index (χ1v) is 7.24. The van der Waals surface area contributed by atoms with Crippen molar-refractivity contribution >= 4 is 28.3 Å². The van der Waals surface area contributed by atoms with Gasteiger partial charge in [-0.1, -0.05) is 17.7 Å². The number of hydrogen-bond acceptors (Lipinski definition) is 4. The summed E-state index contributed by atoms with van der Waals surface area (Å²) in [6, 6.07) is 6.98. The number of aromatic nitrogens is 2. The van der Waals surface area contributed by atoms with Crippen LogP contribution < -0.4 is 5.32 Å². The van der Waals surface area contributed by atoms with Gasteiger partial charge in [0.1, 0.15) is 35.0 Å². The molecule has 1 heterocycles. The van der Waals surface area contributed by atoms with Crippen molar-refractivity contribution in [2.45, 2.75) is 6.42 Å². The number of anilines is 1. The Bertz CT molecular complexity index is 873. The van der Waals surface area contributed by atoms with Gasteiger partial charge in [0.25, 0.3) is 0 Å². The lowest BCUT2D eigenvalue weighted by atomic mass is 10.1. The van der Waals surface area contributed by atoms with E-state index in [0.717, 1.165) is 17.7 Å². The topological polar surface area (TPSA) is 58.0 Å². The number of nitrogens with zero attached hydrogens (tertiary/aromatic N) is 2. The molecule has 0 saturated carbocycles. The molecule has 23 heavy (non-hydrogen) atoms. The molecule has 0 aliphatic heterocycles. The van der Waals surface area contributed by atoms with Crippen LogP contribution in [0.5, 0.6) is 5.75 Å². The second-order valence-electron chi connectivity index (χ2n) is 4.94. The first-order chi connectivity index (χ1) is 11.1. The van der Waals surface area contributed by atoms with Gasteiger partial charge in [-0.3, -0.25) is 0 Å². The summed E-state index contributed by atoms with van der Waals surface area (Å²) in [4.78, 5) is 7.76. The molecule has 4 nitrogen and oxygen atoms in total. The Balaban J connectivity index is 1.79. The maximum Gasteiger partial charge on any atom is 0.149 e. The number of phenols is 1. The van der Waals surface area contributed by atoms with E-state index in [1.807, 2.05) is 0 Å². The molecule has 0 bridgehead atoms. The lowest BCUT2D eigenvalue weighted by molar-refractivity contribution is 0.475. The van der Waals surface area contributed by atoms with Crippen LogP contribution in [0.4, 0.5) is 14.6 Å². The molecular weight excluding hydrogens is 324 g/mol.